The second-order valence-electron chi connectivity index (χ2n) is 3.46. The molecule has 0 saturated carbocycles. The topological polar surface area (TPSA) is 55.7 Å². The maximum absolute atomic E-state index is 10.6. The molecule has 0 saturated heterocycles. The Balaban J connectivity index is 2.14. The Morgan fingerprint density at radius 2 is 1.94 bits per heavy atom. The van der Waals surface area contributed by atoms with E-state index in [9.17, 15) is 4.79 Å². The molecular weight excluding hydrogens is 234 g/mol. The summed E-state index contributed by atoms with van der Waals surface area (Å²) in [5.74, 6) is 0. The lowest BCUT2D eigenvalue weighted by atomic mass is 10.2. The molecule has 0 fully saturated rings. The zero-order chi connectivity index (χ0) is 11.7. The van der Waals surface area contributed by atoms with Crippen LogP contribution in [0.25, 0.3) is 21.6 Å². The maximum Gasteiger partial charge on any atom is 0.169 e. The Kier molecular flexibility index (Phi) is 2.38. The van der Waals surface area contributed by atoms with E-state index in [2.05, 4.69) is 15.0 Å². The van der Waals surface area contributed by atoms with Crippen molar-refractivity contribution < 1.29 is 4.79 Å². The average Bonchev–Trinajstić information content (AvgIpc) is 2.87. The number of thiazole rings is 1. The van der Waals surface area contributed by atoms with E-state index < -0.39 is 0 Å². The molecular formula is C12H7N3OS. The van der Waals surface area contributed by atoms with Crippen LogP contribution >= 0.6 is 11.3 Å². The molecule has 0 unspecified atom stereocenters. The lowest BCUT2D eigenvalue weighted by molar-refractivity contribution is 0.111. The number of benzene rings is 1. The number of hydrogen-bond acceptors (Lipinski definition) is 5. The van der Waals surface area contributed by atoms with Crippen molar-refractivity contribution in [2.75, 3.05) is 0 Å². The highest BCUT2D eigenvalue weighted by molar-refractivity contribution is 7.13. The van der Waals surface area contributed by atoms with Crippen LogP contribution in [0, 0.1) is 0 Å². The highest BCUT2D eigenvalue weighted by atomic mass is 32.1. The third kappa shape index (κ3) is 1.81. The summed E-state index contributed by atoms with van der Waals surface area (Å²) >= 11 is 1.45. The predicted octanol–water partition coefficient (Wildman–Crippen LogP) is 2.57. The monoisotopic (exact) mass is 241 g/mol. The summed E-state index contributed by atoms with van der Waals surface area (Å²) in [7, 11) is 0. The van der Waals surface area contributed by atoms with E-state index in [-0.39, 0.29) is 0 Å². The van der Waals surface area contributed by atoms with Gasteiger partial charge in [0.15, 0.2) is 6.29 Å². The van der Waals surface area contributed by atoms with Crippen molar-refractivity contribution in [1.29, 1.82) is 0 Å². The van der Waals surface area contributed by atoms with Crippen molar-refractivity contribution in [3.63, 3.8) is 0 Å². The minimum atomic E-state index is 0.462. The van der Waals surface area contributed by atoms with Crippen molar-refractivity contribution in [3.8, 4) is 10.6 Å². The molecule has 0 aliphatic carbocycles. The fourth-order valence-electron chi connectivity index (χ4n) is 1.57. The third-order valence-electron chi connectivity index (χ3n) is 2.36. The quantitative estimate of drug-likeness (QED) is 0.647. The fourth-order valence-corrected chi connectivity index (χ4v) is 2.33. The van der Waals surface area contributed by atoms with E-state index in [4.69, 9.17) is 0 Å². The minimum Gasteiger partial charge on any atom is -0.296 e. The van der Waals surface area contributed by atoms with Gasteiger partial charge in [-0.15, -0.1) is 11.3 Å². The molecule has 0 bridgehead atoms. The van der Waals surface area contributed by atoms with Crippen molar-refractivity contribution in [1.82, 2.24) is 15.0 Å². The minimum absolute atomic E-state index is 0.462. The summed E-state index contributed by atoms with van der Waals surface area (Å²) in [5.41, 5.74) is 3.09. The van der Waals surface area contributed by atoms with Gasteiger partial charge in [-0.1, -0.05) is 0 Å². The molecule has 17 heavy (non-hydrogen) atoms. The van der Waals surface area contributed by atoms with E-state index >= 15 is 0 Å². The molecule has 5 heteroatoms. The lowest BCUT2D eigenvalue weighted by Crippen LogP contribution is -1.84. The van der Waals surface area contributed by atoms with Gasteiger partial charge < -0.3 is 0 Å². The van der Waals surface area contributed by atoms with Crippen molar-refractivity contribution in [3.05, 3.63) is 41.7 Å². The Morgan fingerprint density at radius 3 is 2.71 bits per heavy atom. The molecule has 3 aromatic rings. The number of carbonyl (C=O) groups excluding carboxylic acids is 1. The lowest BCUT2D eigenvalue weighted by Gasteiger charge is -1.98. The third-order valence-corrected chi connectivity index (χ3v) is 3.27. The summed E-state index contributed by atoms with van der Waals surface area (Å²) < 4.78 is 0. The number of aldehydes is 1. The van der Waals surface area contributed by atoms with Gasteiger partial charge in [0, 0.05) is 23.3 Å². The molecule has 2 heterocycles. The molecule has 0 atom stereocenters. The van der Waals surface area contributed by atoms with Gasteiger partial charge in [0.1, 0.15) is 10.7 Å². The molecule has 2 aromatic heterocycles. The largest absolute Gasteiger partial charge is 0.296 e. The van der Waals surface area contributed by atoms with E-state index in [0.717, 1.165) is 27.9 Å². The van der Waals surface area contributed by atoms with Crippen LogP contribution in [0.15, 0.2) is 36.0 Å². The highest BCUT2D eigenvalue weighted by Gasteiger charge is 2.05. The van der Waals surface area contributed by atoms with E-state index in [1.165, 1.54) is 11.3 Å². The smallest absolute Gasteiger partial charge is 0.169 e. The SMILES string of the molecule is O=Cc1csc(-c2ccc3nccnc3c2)n1. The predicted molar refractivity (Wildman–Crippen MR) is 66.0 cm³/mol. The van der Waals surface area contributed by atoms with Gasteiger partial charge in [-0.25, -0.2) is 4.98 Å². The summed E-state index contributed by atoms with van der Waals surface area (Å²) in [5, 5.41) is 2.56. The Labute approximate surface area is 101 Å². The summed E-state index contributed by atoms with van der Waals surface area (Å²) in [6, 6.07) is 5.76. The van der Waals surface area contributed by atoms with Crippen LogP contribution in [0.1, 0.15) is 10.5 Å². The van der Waals surface area contributed by atoms with Gasteiger partial charge in [0.25, 0.3) is 0 Å². The normalized spacial score (nSPS) is 10.6. The first kappa shape index (κ1) is 10.0. The first-order valence-electron chi connectivity index (χ1n) is 4.99. The Morgan fingerprint density at radius 1 is 1.12 bits per heavy atom. The maximum atomic E-state index is 10.6. The van der Waals surface area contributed by atoms with Crippen LogP contribution in [0.3, 0.4) is 0 Å². The number of carbonyl (C=O) groups is 1. The molecule has 0 N–H and O–H groups in total. The van der Waals surface area contributed by atoms with E-state index in [1.54, 1.807) is 17.8 Å². The van der Waals surface area contributed by atoms with E-state index in [1.807, 2.05) is 18.2 Å². The number of rotatable bonds is 2. The molecule has 0 amide bonds. The van der Waals surface area contributed by atoms with Crippen LogP contribution in [-0.4, -0.2) is 21.2 Å². The van der Waals surface area contributed by atoms with Crippen LogP contribution in [-0.2, 0) is 0 Å². The van der Waals surface area contributed by atoms with E-state index in [0.29, 0.717) is 5.69 Å². The molecule has 0 spiro atoms. The van der Waals surface area contributed by atoms with Crippen LogP contribution in [0.4, 0.5) is 0 Å². The fraction of sp³-hybridized carbons (Fsp3) is 0. The van der Waals surface area contributed by atoms with Crippen LogP contribution < -0.4 is 0 Å². The van der Waals surface area contributed by atoms with Crippen molar-refractivity contribution in [2.45, 2.75) is 0 Å². The molecule has 0 aliphatic heterocycles. The number of aromatic nitrogens is 3. The van der Waals surface area contributed by atoms with Gasteiger partial charge >= 0.3 is 0 Å². The summed E-state index contributed by atoms with van der Waals surface area (Å²) in [4.78, 5) is 23.2. The molecule has 0 radical (unpaired) electrons. The molecule has 0 aliphatic rings. The number of fused-ring (bicyclic) bond motifs is 1. The second kappa shape index (κ2) is 4.03. The van der Waals surface area contributed by atoms with Crippen molar-refractivity contribution >= 4 is 28.7 Å². The van der Waals surface area contributed by atoms with Crippen LogP contribution in [0.2, 0.25) is 0 Å². The zero-order valence-corrected chi connectivity index (χ0v) is 9.52. The average molecular weight is 241 g/mol. The summed E-state index contributed by atoms with van der Waals surface area (Å²) in [6.07, 6.45) is 4.07. The van der Waals surface area contributed by atoms with Gasteiger partial charge in [0.05, 0.1) is 11.0 Å². The number of hydrogen-bond donors (Lipinski definition) is 0. The zero-order valence-electron chi connectivity index (χ0n) is 8.70. The Hall–Kier alpha value is -2.14. The molecule has 82 valence electrons. The highest BCUT2D eigenvalue weighted by Crippen LogP contribution is 2.25. The van der Waals surface area contributed by atoms with Crippen LogP contribution in [0.5, 0.6) is 0 Å². The van der Waals surface area contributed by atoms with Gasteiger partial charge in [-0.3, -0.25) is 14.8 Å². The standard InChI is InChI=1S/C12H7N3OS/c16-6-9-7-17-12(15-9)8-1-2-10-11(5-8)14-4-3-13-10/h1-7H. The number of nitrogens with zero attached hydrogens (tertiary/aromatic N) is 3. The Bertz CT molecular complexity index is 693. The van der Waals surface area contributed by atoms with Gasteiger partial charge in [-0.2, -0.15) is 0 Å². The first-order chi connectivity index (χ1) is 8.36. The van der Waals surface area contributed by atoms with Crippen molar-refractivity contribution in [2.24, 2.45) is 0 Å². The van der Waals surface area contributed by atoms with Gasteiger partial charge in [-0.05, 0) is 18.2 Å². The summed E-state index contributed by atoms with van der Waals surface area (Å²) in [6.45, 7) is 0. The molecule has 4 nitrogen and oxygen atoms in total. The molecule has 1 aromatic carbocycles. The second-order valence-corrected chi connectivity index (χ2v) is 4.31. The first-order valence-corrected chi connectivity index (χ1v) is 5.86. The molecule has 3 rings (SSSR count). The van der Waals surface area contributed by atoms with Gasteiger partial charge in [0.2, 0.25) is 0 Å².